The van der Waals surface area contributed by atoms with Crippen LogP contribution < -0.4 is 4.74 Å². The number of hydrogen-bond donors (Lipinski definition) is 0. The summed E-state index contributed by atoms with van der Waals surface area (Å²) in [5, 5.41) is 0. The maximum atomic E-state index is 6.01. The van der Waals surface area contributed by atoms with Gasteiger partial charge in [0.25, 0.3) is 0 Å². The molecule has 148 valence electrons. The maximum absolute atomic E-state index is 6.01. The van der Waals surface area contributed by atoms with Crippen molar-refractivity contribution in [3.63, 3.8) is 0 Å². The van der Waals surface area contributed by atoms with Gasteiger partial charge in [-0.3, -0.25) is 9.97 Å². The molecule has 0 amide bonds. The van der Waals surface area contributed by atoms with Crippen molar-refractivity contribution < 1.29 is 4.74 Å². The third-order valence-corrected chi connectivity index (χ3v) is 3.70. The van der Waals surface area contributed by atoms with Gasteiger partial charge in [-0.1, -0.05) is 23.7 Å². The predicted octanol–water partition coefficient (Wildman–Crippen LogP) is 3.81. The van der Waals surface area contributed by atoms with Crippen LogP contribution in [0, 0.1) is 48.4 Å². The van der Waals surface area contributed by atoms with Crippen LogP contribution in [0.25, 0.3) is 0 Å². The summed E-state index contributed by atoms with van der Waals surface area (Å²) in [7, 11) is 0. The predicted molar refractivity (Wildman–Crippen MR) is 121 cm³/mol. The molecule has 4 heteroatoms. The minimum Gasteiger partial charge on any atom is -0.488 e. The Morgan fingerprint density at radius 2 is 1.13 bits per heavy atom. The van der Waals surface area contributed by atoms with Crippen molar-refractivity contribution in [2.24, 2.45) is 0 Å². The van der Waals surface area contributed by atoms with Crippen LogP contribution in [0.5, 0.6) is 5.75 Å². The van der Waals surface area contributed by atoms with Gasteiger partial charge in [0.15, 0.2) is 0 Å². The molecule has 0 spiro atoms. The normalized spacial score (nSPS) is 9.84. The number of nitrogens with zero attached hydrogens (tertiary/aromatic N) is 3. The monoisotopic (exact) mass is 401 g/mol. The molecule has 0 radical (unpaired) electrons. The van der Waals surface area contributed by atoms with Crippen LogP contribution in [0.4, 0.5) is 0 Å². The van der Waals surface area contributed by atoms with Crippen LogP contribution in [0.2, 0.25) is 0 Å². The molecule has 0 aromatic carbocycles. The molecule has 0 N–H and O–H groups in total. The van der Waals surface area contributed by atoms with Crippen molar-refractivity contribution in [3.05, 3.63) is 82.7 Å². The first-order valence-corrected chi connectivity index (χ1v) is 9.43. The zero-order chi connectivity index (χ0) is 22.3. The van der Waals surface area contributed by atoms with Crippen LogP contribution in [0.1, 0.15) is 54.4 Å². The maximum Gasteiger partial charge on any atom is 0.125 e. The molecule has 0 atom stereocenters. The van der Waals surface area contributed by atoms with Gasteiger partial charge in [0.1, 0.15) is 22.7 Å². The van der Waals surface area contributed by atoms with Gasteiger partial charge < -0.3 is 4.74 Å². The Bertz CT molecular complexity index is 1230. The van der Waals surface area contributed by atoms with Crippen molar-refractivity contribution in [2.75, 3.05) is 0 Å². The second kappa shape index (κ2) is 9.33. The standard InChI is InChI=1S/C27H19N3O/c1-6-20-12-22(18-28-16-20)8-10-24-14-26(31-27(3,4)5)15-25(30-24)11-9-23-13-21(7-2)17-29-19-23/h1-2,12-19H,3-5H3. The van der Waals surface area contributed by atoms with Crippen molar-refractivity contribution in [1.29, 1.82) is 0 Å². The molecule has 0 aliphatic heterocycles. The van der Waals surface area contributed by atoms with Crippen molar-refractivity contribution in [3.8, 4) is 54.1 Å². The van der Waals surface area contributed by atoms with Gasteiger partial charge in [0.2, 0.25) is 0 Å². The fourth-order valence-electron chi connectivity index (χ4n) is 2.49. The highest BCUT2D eigenvalue weighted by atomic mass is 16.5. The molecule has 0 saturated heterocycles. The van der Waals surface area contributed by atoms with Gasteiger partial charge in [0.05, 0.1) is 0 Å². The quantitative estimate of drug-likeness (QED) is 0.582. The van der Waals surface area contributed by atoms with E-state index in [4.69, 9.17) is 17.6 Å². The lowest BCUT2D eigenvalue weighted by atomic mass is 10.1. The molecule has 0 bridgehead atoms. The Labute approximate surface area is 183 Å². The molecule has 3 aromatic rings. The molecule has 3 rings (SSSR count). The van der Waals surface area contributed by atoms with E-state index in [0.29, 0.717) is 39.4 Å². The van der Waals surface area contributed by atoms with Crippen LogP contribution in [-0.2, 0) is 0 Å². The number of rotatable bonds is 1. The molecule has 0 aliphatic carbocycles. The van der Waals surface area contributed by atoms with Gasteiger partial charge in [0, 0.05) is 59.2 Å². The summed E-state index contributed by atoms with van der Waals surface area (Å²) in [5.74, 6) is 17.9. The van der Waals surface area contributed by atoms with E-state index >= 15 is 0 Å². The largest absolute Gasteiger partial charge is 0.488 e. The summed E-state index contributed by atoms with van der Waals surface area (Å²) in [5.41, 5.74) is 3.39. The molecule has 0 saturated carbocycles. The van der Waals surface area contributed by atoms with E-state index in [0.717, 1.165) is 0 Å². The van der Waals surface area contributed by atoms with E-state index in [9.17, 15) is 0 Å². The van der Waals surface area contributed by atoms with E-state index in [-0.39, 0.29) is 5.60 Å². The van der Waals surface area contributed by atoms with E-state index in [2.05, 4.69) is 50.5 Å². The lowest BCUT2D eigenvalue weighted by molar-refractivity contribution is 0.130. The highest BCUT2D eigenvalue weighted by Crippen LogP contribution is 2.20. The van der Waals surface area contributed by atoms with Gasteiger partial charge >= 0.3 is 0 Å². The van der Waals surface area contributed by atoms with Crippen LogP contribution in [0.15, 0.2) is 49.1 Å². The fourth-order valence-corrected chi connectivity index (χ4v) is 2.49. The second-order valence-corrected chi connectivity index (χ2v) is 7.50. The number of terminal acetylenes is 2. The van der Waals surface area contributed by atoms with Gasteiger partial charge in [-0.05, 0) is 44.7 Å². The average molecular weight is 401 g/mol. The van der Waals surface area contributed by atoms with E-state index < -0.39 is 0 Å². The molecule has 4 nitrogen and oxygen atoms in total. The zero-order valence-corrected chi connectivity index (χ0v) is 17.5. The van der Waals surface area contributed by atoms with Crippen molar-refractivity contribution >= 4 is 0 Å². The first kappa shape index (κ1) is 21.2. The smallest absolute Gasteiger partial charge is 0.125 e. The Hall–Kier alpha value is -4.51. The summed E-state index contributed by atoms with van der Waals surface area (Å²) < 4.78 is 6.01. The lowest BCUT2D eigenvalue weighted by Gasteiger charge is -2.21. The number of ether oxygens (including phenoxy) is 1. The van der Waals surface area contributed by atoms with Crippen molar-refractivity contribution in [2.45, 2.75) is 26.4 Å². The minimum atomic E-state index is -0.382. The fraction of sp³-hybridized carbons (Fsp3) is 0.148. The van der Waals surface area contributed by atoms with E-state index in [1.54, 1.807) is 49.1 Å². The molecule has 0 unspecified atom stereocenters. The average Bonchev–Trinajstić information content (AvgIpc) is 2.75. The third-order valence-electron chi connectivity index (χ3n) is 3.70. The summed E-state index contributed by atoms with van der Waals surface area (Å²) in [4.78, 5) is 12.7. The molecular formula is C27H19N3O. The van der Waals surface area contributed by atoms with Gasteiger partial charge in [-0.25, -0.2) is 4.98 Å². The number of aromatic nitrogens is 3. The summed E-state index contributed by atoms with van der Waals surface area (Å²) in [6.07, 6.45) is 17.4. The molecule has 31 heavy (non-hydrogen) atoms. The topological polar surface area (TPSA) is 47.9 Å². The van der Waals surface area contributed by atoms with Gasteiger partial charge in [-0.2, -0.15) is 0 Å². The Morgan fingerprint density at radius 1 is 0.677 bits per heavy atom. The zero-order valence-electron chi connectivity index (χ0n) is 17.5. The summed E-state index contributed by atoms with van der Waals surface area (Å²) in [6.45, 7) is 5.91. The second-order valence-electron chi connectivity index (χ2n) is 7.50. The summed E-state index contributed by atoms with van der Waals surface area (Å²) in [6, 6.07) is 7.15. The molecule has 3 aromatic heterocycles. The number of hydrogen-bond acceptors (Lipinski definition) is 4. The highest BCUT2D eigenvalue weighted by molar-refractivity contribution is 5.48. The molecule has 0 aliphatic rings. The van der Waals surface area contributed by atoms with E-state index in [1.165, 1.54) is 0 Å². The van der Waals surface area contributed by atoms with Crippen LogP contribution >= 0.6 is 0 Å². The molecule has 0 fully saturated rings. The Morgan fingerprint density at radius 3 is 1.55 bits per heavy atom. The lowest BCUT2D eigenvalue weighted by Crippen LogP contribution is -2.23. The van der Waals surface area contributed by atoms with E-state index in [1.807, 2.05) is 20.8 Å². The SMILES string of the molecule is C#Cc1cncc(C#Cc2cc(OC(C)(C)C)cc(C#Cc3cncc(C#C)c3)n2)c1. The first-order valence-electron chi connectivity index (χ1n) is 9.43. The molecule has 3 heterocycles. The van der Waals surface area contributed by atoms with Crippen LogP contribution in [-0.4, -0.2) is 20.6 Å². The highest BCUT2D eigenvalue weighted by Gasteiger charge is 2.13. The number of pyridine rings is 3. The first-order chi connectivity index (χ1) is 14.8. The van der Waals surface area contributed by atoms with Crippen LogP contribution in [0.3, 0.4) is 0 Å². The van der Waals surface area contributed by atoms with Gasteiger partial charge in [-0.15, -0.1) is 12.8 Å². The Kier molecular flexibility index (Phi) is 6.38. The molecular weight excluding hydrogens is 382 g/mol. The summed E-state index contributed by atoms with van der Waals surface area (Å²) >= 11 is 0. The Balaban J connectivity index is 2.00. The van der Waals surface area contributed by atoms with Crippen molar-refractivity contribution in [1.82, 2.24) is 15.0 Å². The minimum absolute atomic E-state index is 0.382. The third kappa shape index (κ3) is 6.51.